The van der Waals surface area contributed by atoms with E-state index in [9.17, 15) is 10.1 Å². The van der Waals surface area contributed by atoms with Crippen molar-refractivity contribution < 1.29 is 9.66 Å². The summed E-state index contributed by atoms with van der Waals surface area (Å²) in [5, 5.41) is 22.9. The van der Waals surface area contributed by atoms with Crippen molar-refractivity contribution in [2.45, 2.75) is 13.3 Å². The van der Waals surface area contributed by atoms with Gasteiger partial charge in [0.15, 0.2) is 0 Å². The molecule has 0 amide bonds. The van der Waals surface area contributed by atoms with Gasteiger partial charge in [-0.2, -0.15) is 5.26 Å². The molecule has 0 saturated heterocycles. The van der Waals surface area contributed by atoms with Gasteiger partial charge in [-0.15, -0.1) is 0 Å². The Bertz CT molecular complexity index is 515. The Morgan fingerprint density at radius 1 is 1.52 bits per heavy atom. The molecule has 0 unspecified atom stereocenters. The van der Waals surface area contributed by atoms with Gasteiger partial charge < -0.3 is 15.0 Å². The minimum absolute atomic E-state index is 0.0781. The lowest BCUT2D eigenvalue weighted by Crippen LogP contribution is -2.30. The molecule has 0 bridgehead atoms. The highest BCUT2D eigenvalue weighted by Crippen LogP contribution is 2.27. The molecule has 0 saturated carbocycles. The summed E-state index contributed by atoms with van der Waals surface area (Å²) >= 11 is 0. The van der Waals surface area contributed by atoms with Gasteiger partial charge in [-0.3, -0.25) is 10.1 Å². The van der Waals surface area contributed by atoms with Crippen molar-refractivity contribution in [1.82, 2.24) is 4.98 Å². The van der Waals surface area contributed by atoms with E-state index in [2.05, 4.69) is 10.3 Å². The lowest BCUT2D eigenvalue weighted by molar-refractivity contribution is -0.384. The van der Waals surface area contributed by atoms with Crippen LogP contribution in [0.4, 0.5) is 17.3 Å². The van der Waals surface area contributed by atoms with E-state index < -0.39 is 4.92 Å². The normalized spacial score (nSPS) is 9.95. The highest BCUT2D eigenvalue weighted by molar-refractivity contribution is 5.61. The number of hydrogen-bond acceptors (Lipinski definition) is 7. The lowest BCUT2D eigenvalue weighted by atomic mass is 10.3. The molecule has 21 heavy (non-hydrogen) atoms. The Morgan fingerprint density at radius 2 is 2.29 bits per heavy atom. The van der Waals surface area contributed by atoms with Gasteiger partial charge in [0.1, 0.15) is 5.82 Å². The third kappa shape index (κ3) is 4.89. The van der Waals surface area contributed by atoms with Crippen LogP contribution < -0.4 is 10.2 Å². The summed E-state index contributed by atoms with van der Waals surface area (Å²) in [5.41, 5.74) is -0.0781. The maximum absolute atomic E-state index is 11.2. The topological polar surface area (TPSA) is 104 Å². The third-order valence-electron chi connectivity index (χ3n) is 2.77. The second-order valence-electron chi connectivity index (χ2n) is 4.21. The van der Waals surface area contributed by atoms with Gasteiger partial charge in [0.05, 0.1) is 24.0 Å². The molecule has 0 spiro atoms. The maximum Gasteiger partial charge on any atom is 0.311 e. The van der Waals surface area contributed by atoms with E-state index in [0.29, 0.717) is 32.1 Å². The number of hydrogen-bond donors (Lipinski definition) is 1. The Balaban J connectivity index is 3.14. The number of anilines is 2. The van der Waals surface area contributed by atoms with Crippen LogP contribution in [-0.4, -0.2) is 43.3 Å². The van der Waals surface area contributed by atoms with E-state index in [0.717, 1.165) is 0 Å². The average Bonchev–Trinajstić information content (AvgIpc) is 2.47. The van der Waals surface area contributed by atoms with Crippen LogP contribution in [0.3, 0.4) is 0 Å². The van der Waals surface area contributed by atoms with Gasteiger partial charge in [-0.05, 0) is 13.0 Å². The van der Waals surface area contributed by atoms with Gasteiger partial charge in [0.2, 0.25) is 5.82 Å². The summed E-state index contributed by atoms with van der Waals surface area (Å²) in [4.78, 5) is 16.7. The number of nitrogens with zero attached hydrogens (tertiary/aromatic N) is 4. The second-order valence-corrected chi connectivity index (χ2v) is 4.21. The standard InChI is InChI=1S/C13H19N5O3/c1-3-15-12-6-5-11(18(19)20)13(16-12)17(8-4-7-14)9-10-21-2/h5-6H,3-4,8-10H2,1-2H3,(H,15,16). The molecule has 0 radical (unpaired) electrons. The molecule has 1 aromatic rings. The molecule has 1 N–H and O–H groups in total. The van der Waals surface area contributed by atoms with Gasteiger partial charge >= 0.3 is 5.69 Å². The molecular formula is C13H19N5O3. The van der Waals surface area contributed by atoms with Crippen molar-refractivity contribution in [1.29, 1.82) is 5.26 Å². The van der Waals surface area contributed by atoms with Gasteiger partial charge in [0, 0.05) is 32.8 Å². The molecule has 0 atom stereocenters. The largest absolute Gasteiger partial charge is 0.383 e. The predicted octanol–water partition coefficient (Wildman–Crippen LogP) is 1.79. The van der Waals surface area contributed by atoms with Crippen LogP contribution in [0.15, 0.2) is 12.1 Å². The Morgan fingerprint density at radius 3 is 2.86 bits per heavy atom. The van der Waals surface area contributed by atoms with E-state index in [1.807, 2.05) is 13.0 Å². The number of pyridine rings is 1. The molecule has 1 heterocycles. The monoisotopic (exact) mass is 293 g/mol. The van der Waals surface area contributed by atoms with Crippen molar-refractivity contribution in [2.24, 2.45) is 0 Å². The van der Waals surface area contributed by atoms with Crippen LogP contribution in [-0.2, 0) is 4.74 Å². The highest BCUT2D eigenvalue weighted by Gasteiger charge is 2.21. The van der Waals surface area contributed by atoms with Crippen LogP contribution in [0.25, 0.3) is 0 Å². The molecule has 1 rings (SSSR count). The number of rotatable bonds is 9. The first-order valence-corrected chi connectivity index (χ1v) is 6.64. The van der Waals surface area contributed by atoms with Crippen molar-refractivity contribution in [3.63, 3.8) is 0 Å². The fourth-order valence-corrected chi connectivity index (χ4v) is 1.81. The first-order valence-electron chi connectivity index (χ1n) is 6.64. The van der Waals surface area contributed by atoms with Crippen LogP contribution in [0.1, 0.15) is 13.3 Å². The predicted molar refractivity (Wildman–Crippen MR) is 79.4 cm³/mol. The highest BCUT2D eigenvalue weighted by atomic mass is 16.6. The van der Waals surface area contributed by atoms with Crippen molar-refractivity contribution in [2.75, 3.05) is 43.6 Å². The molecule has 8 nitrogen and oxygen atoms in total. The Hall–Kier alpha value is -2.40. The molecule has 0 aliphatic heterocycles. The number of methoxy groups -OCH3 is 1. The van der Waals surface area contributed by atoms with E-state index in [-0.39, 0.29) is 17.9 Å². The van der Waals surface area contributed by atoms with Crippen LogP contribution >= 0.6 is 0 Å². The number of nitro groups is 1. The fraction of sp³-hybridized carbons (Fsp3) is 0.538. The molecule has 8 heteroatoms. The van der Waals surface area contributed by atoms with E-state index >= 15 is 0 Å². The lowest BCUT2D eigenvalue weighted by Gasteiger charge is -2.22. The zero-order valence-corrected chi connectivity index (χ0v) is 12.2. The van der Waals surface area contributed by atoms with E-state index in [1.54, 1.807) is 18.1 Å². The van der Waals surface area contributed by atoms with Crippen molar-refractivity contribution in [3.8, 4) is 6.07 Å². The van der Waals surface area contributed by atoms with Crippen LogP contribution in [0, 0.1) is 21.4 Å². The quantitative estimate of drug-likeness (QED) is 0.546. The van der Waals surface area contributed by atoms with Gasteiger partial charge in [0.25, 0.3) is 0 Å². The molecule has 0 fully saturated rings. The second kappa shape index (κ2) is 8.71. The first-order chi connectivity index (χ1) is 10.1. The minimum atomic E-state index is -0.468. The van der Waals surface area contributed by atoms with Crippen molar-refractivity contribution >= 4 is 17.3 Å². The molecule has 114 valence electrons. The zero-order chi connectivity index (χ0) is 15.7. The van der Waals surface area contributed by atoms with Crippen LogP contribution in [0.2, 0.25) is 0 Å². The summed E-state index contributed by atoms with van der Waals surface area (Å²) in [7, 11) is 1.55. The fourth-order valence-electron chi connectivity index (χ4n) is 1.81. The summed E-state index contributed by atoms with van der Waals surface area (Å²) < 4.78 is 5.01. The molecule has 0 aromatic carbocycles. The molecule has 0 aliphatic rings. The summed E-state index contributed by atoms with van der Waals surface area (Å²) in [6, 6.07) is 5.03. The molecule has 0 aliphatic carbocycles. The van der Waals surface area contributed by atoms with Crippen molar-refractivity contribution in [3.05, 3.63) is 22.2 Å². The summed E-state index contributed by atoms with van der Waals surface area (Å²) in [6.07, 6.45) is 0.258. The SMILES string of the molecule is CCNc1ccc([N+](=O)[O-])c(N(CCC#N)CCOC)n1. The maximum atomic E-state index is 11.2. The number of nitriles is 1. The minimum Gasteiger partial charge on any atom is -0.383 e. The number of nitrogens with one attached hydrogen (secondary N) is 1. The molecule has 1 aromatic heterocycles. The van der Waals surface area contributed by atoms with Gasteiger partial charge in [-0.25, -0.2) is 4.98 Å². The van der Waals surface area contributed by atoms with Gasteiger partial charge in [-0.1, -0.05) is 0 Å². The first kappa shape index (κ1) is 16.7. The number of ether oxygens (including phenoxy) is 1. The Kier molecular flexibility index (Phi) is 6.91. The smallest absolute Gasteiger partial charge is 0.311 e. The average molecular weight is 293 g/mol. The van der Waals surface area contributed by atoms with Crippen LogP contribution in [0.5, 0.6) is 0 Å². The summed E-state index contributed by atoms with van der Waals surface area (Å²) in [5.74, 6) is 0.822. The van der Waals surface area contributed by atoms with E-state index in [4.69, 9.17) is 10.00 Å². The Labute approximate surface area is 123 Å². The third-order valence-corrected chi connectivity index (χ3v) is 2.77. The number of aromatic nitrogens is 1. The summed E-state index contributed by atoms with van der Waals surface area (Å²) in [6.45, 7) is 3.78. The van der Waals surface area contributed by atoms with E-state index in [1.165, 1.54) is 6.07 Å². The zero-order valence-electron chi connectivity index (χ0n) is 12.2. The molecular weight excluding hydrogens is 274 g/mol.